The average molecular weight is 272 g/mol. The molecule has 0 aliphatic carbocycles. The highest BCUT2D eigenvalue weighted by molar-refractivity contribution is 5.69. The zero-order chi connectivity index (χ0) is 13.5. The minimum absolute atomic E-state index is 0.224. The molecule has 1 aromatic heterocycles. The van der Waals surface area contributed by atoms with Crippen LogP contribution in [-0.4, -0.2) is 34.5 Å². The molecule has 1 aromatic carbocycles. The molecule has 104 valence electrons. The standard InChI is InChI=1S/C14H16N4O2/c1-9-13-16-17-14(18(13)6-5-15-9)10-3-2-4-11-12(10)20-8-7-19-11/h2-4,9,15H,5-8H2,1H3. The van der Waals surface area contributed by atoms with Crippen LogP contribution in [0.3, 0.4) is 0 Å². The molecule has 6 nitrogen and oxygen atoms in total. The molecule has 0 spiro atoms. The molecule has 0 saturated carbocycles. The van der Waals surface area contributed by atoms with E-state index < -0.39 is 0 Å². The van der Waals surface area contributed by atoms with E-state index in [4.69, 9.17) is 9.47 Å². The van der Waals surface area contributed by atoms with Gasteiger partial charge in [-0.1, -0.05) is 6.07 Å². The van der Waals surface area contributed by atoms with Crippen LogP contribution in [0.25, 0.3) is 11.4 Å². The van der Waals surface area contributed by atoms with E-state index in [1.54, 1.807) is 0 Å². The predicted molar refractivity (Wildman–Crippen MR) is 72.9 cm³/mol. The summed E-state index contributed by atoms with van der Waals surface area (Å²) in [6.45, 7) is 5.06. The summed E-state index contributed by atoms with van der Waals surface area (Å²) < 4.78 is 13.6. The molecule has 0 amide bonds. The average Bonchev–Trinajstić information content (AvgIpc) is 2.92. The quantitative estimate of drug-likeness (QED) is 0.850. The van der Waals surface area contributed by atoms with Crippen molar-refractivity contribution in [2.24, 2.45) is 0 Å². The van der Waals surface area contributed by atoms with Gasteiger partial charge in [0.1, 0.15) is 19.0 Å². The number of rotatable bonds is 1. The SMILES string of the molecule is CC1NCCn2c(-c3cccc4c3OCCO4)nnc21. The topological polar surface area (TPSA) is 61.2 Å². The van der Waals surface area contributed by atoms with E-state index in [1.165, 1.54) is 0 Å². The summed E-state index contributed by atoms with van der Waals surface area (Å²) in [7, 11) is 0. The van der Waals surface area contributed by atoms with E-state index >= 15 is 0 Å². The molecule has 0 radical (unpaired) electrons. The first-order chi connectivity index (χ1) is 9.84. The lowest BCUT2D eigenvalue weighted by Crippen LogP contribution is -2.32. The molecule has 0 bridgehead atoms. The number of aromatic nitrogens is 3. The maximum atomic E-state index is 5.77. The number of benzene rings is 1. The van der Waals surface area contributed by atoms with Gasteiger partial charge in [-0.2, -0.15) is 0 Å². The molecule has 20 heavy (non-hydrogen) atoms. The molecule has 1 N–H and O–H groups in total. The highest BCUT2D eigenvalue weighted by Crippen LogP contribution is 2.39. The molecule has 6 heteroatoms. The lowest BCUT2D eigenvalue weighted by Gasteiger charge is -2.24. The molecule has 3 heterocycles. The highest BCUT2D eigenvalue weighted by Gasteiger charge is 2.25. The summed E-state index contributed by atoms with van der Waals surface area (Å²) in [5.74, 6) is 3.39. The molecule has 0 saturated heterocycles. The van der Waals surface area contributed by atoms with Gasteiger partial charge in [-0.25, -0.2) is 0 Å². The van der Waals surface area contributed by atoms with Crippen LogP contribution in [0, 0.1) is 0 Å². The van der Waals surface area contributed by atoms with Crippen LogP contribution in [0.5, 0.6) is 11.5 Å². The molecule has 1 unspecified atom stereocenters. The van der Waals surface area contributed by atoms with Gasteiger partial charge in [0, 0.05) is 13.1 Å². The van der Waals surface area contributed by atoms with E-state index in [0.29, 0.717) is 13.2 Å². The van der Waals surface area contributed by atoms with E-state index in [-0.39, 0.29) is 6.04 Å². The third-order valence-corrected chi connectivity index (χ3v) is 3.76. The molecular weight excluding hydrogens is 256 g/mol. The lowest BCUT2D eigenvalue weighted by atomic mass is 10.1. The second kappa shape index (κ2) is 4.49. The van der Waals surface area contributed by atoms with Gasteiger partial charge in [0.05, 0.1) is 11.6 Å². The Labute approximate surface area is 116 Å². The smallest absolute Gasteiger partial charge is 0.172 e. The van der Waals surface area contributed by atoms with Crippen LogP contribution in [0.2, 0.25) is 0 Å². The highest BCUT2D eigenvalue weighted by atomic mass is 16.6. The van der Waals surface area contributed by atoms with Gasteiger partial charge >= 0.3 is 0 Å². The predicted octanol–water partition coefficient (Wildman–Crippen LogP) is 1.38. The Kier molecular flexibility index (Phi) is 2.63. The minimum atomic E-state index is 0.224. The normalized spacial score (nSPS) is 20.6. The number of fused-ring (bicyclic) bond motifs is 2. The second-order valence-electron chi connectivity index (χ2n) is 5.04. The Morgan fingerprint density at radius 1 is 1.25 bits per heavy atom. The van der Waals surface area contributed by atoms with Crippen LogP contribution in [0.15, 0.2) is 18.2 Å². The van der Waals surface area contributed by atoms with E-state index in [2.05, 4.69) is 27.0 Å². The molecule has 2 aliphatic heterocycles. The summed E-state index contributed by atoms with van der Waals surface area (Å²) in [5.41, 5.74) is 0.954. The molecule has 4 rings (SSSR count). The first kappa shape index (κ1) is 11.7. The molecule has 1 atom stereocenters. The van der Waals surface area contributed by atoms with Crippen LogP contribution in [-0.2, 0) is 6.54 Å². The number of para-hydroxylation sites is 1. The maximum Gasteiger partial charge on any atom is 0.172 e. The van der Waals surface area contributed by atoms with Crippen LogP contribution >= 0.6 is 0 Å². The van der Waals surface area contributed by atoms with Gasteiger partial charge in [0.25, 0.3) is 0 Å². The monoisotopic (exact) mass is 272 g/mol. The van der Waals surface area contributed by atoms with Gasteiger partial charge in [-0.15, -0.1) is 10.2 Å². The zero-order valence-corrected chi connectivity index (χ0v) is 11.3. The van der Waals surface area contributed by atoms with Gasteiger partial charge in [-0.3, -0.25) is 0 Å². The van der Waals surface area contributed by atoms with E-state index in [0.717, 1.165) is 41.8 Å². The van der Waals surface area contributed by atoms with Crippen molar-refractivity contribution in [1.29, 1.82) is 0 Å². The fourth-order valence-corrected chi connectivity index (χ4v) is 2.79. The van der Waals surface area contributed by atoms with Crippen LogP contribution in [0.1, 0.15) is 18.8 Å². The number of nitrogens with one attached hydrogen (secondary N) is 1. The van der Waals surface area contributed by atoms with Crippen molar-refractivity contribution in [1.82, 2.24) is 20.1 Å². The maximum absolute atomic E-state index is 5.77. The Bertz CT molecular complexity index is 653. The van der Waals surface area contributed by atoms with Gasteiger partial charge in [0.2, 0.25) is 0 Å². The van der Waals surface area contributed by atoms with Gasteiger partial charge in [0.15, 0.2) is 17.3 Å². The van der Waals surface area contributed by atoms with Crippen molar-refractivity contribution < 1.29 is 9.47 Å². The molecular formula is C14H16N4O2. The van der Waals surface area contributed by atoms with Crippen molar-refractivity contribution >= 4 is 0 Å². The molecule has 2 aromatic rings. The summed E-state index contributed by atoms with van der Waals surface area (Å²) in [4.78, 5) is 0. The van der Waals surface area contributed by atoms with E-state index in [1.807, 2.05) is 18.2 Å². The Morgan fingerprint density at radius 2 is 2.15 bits per heavy atom. The Morgan fingerprint density at radius 3 is 3.10 bits per heavy atom. The van der Waals surface area contributed by atoms with Gasteiger partial charge in [-0.05, 0) is 19.1 Å². The number of hydrogen-bond acceptors (Lipinski definition) is 5. The van der Waals surface area contributed by atoms with Crippen molar-refractivity contribution in [3.8, 4) is 22.9 Å². The van der Waals surface area contributed by atoms with Crippen molar-refractivity contribution in [3.63, 3.8) is 0 Å². The second-order valence-corrected chi connectivity index (χ2v) is 5.04. The van der Waals surface area contributed by atoms with E-state index in [9.17, 15) is 0 Å². The number of ether oxygens (including phenoxy) is 2. The first-order valence-electron chi connectivity index (χ1n) is 6.90. The Balaban J connectivity index is 1.86. The fourth-order valence-electron chi connectivity index (χ4n) is 2.79. The van der Waals surface area contributed by atoms with Crippen molar-refractivity contribution in [3.05, 3.63) is 24.0 Å². The third kappa shape index (κ3) is 1.68. The van der Waals surface area contributed by atoms with Crippen LogP contribution in [0.4, 0.5) is 0 Å². The first-order valence-corrected chi connectivity index (χ1v) is 6.90. The minimum Gasteiger partial charge on any atom is -0.486 e. The van der Waals surface area contributed by atoms with Crippen molar-refractivity contribution in [2.75, 3.05) is 19.8 Å². The summed E-state index contributed by atoms with van der Waals surface area (Å²) >= 11 is 0. The Hall–Kier alpha value is -2.08. The molecule has 0 fully saturated rings. The third-order valence-electron chi connectivity index (χ3n) is 3.76. The van der Waals surface area contributed by atoms with Crippen LogP contribution < -0.4 is 14.8 Å². The largest absolute Gasteiger partial charge is 0.486 e. The van der Waals surface area contributed by atoms with Gasteiger partial charge < -0.3 is 19.4 Å². The van der Waals surface area contributed by atoms with Crippen molar-refractivity contribution in [2.45, 2.75) is 19.5 Å². The lowest BCUT2D eigenvalue weighted by molar-refractivity contribution is 0.172. The summed E-state index contributed by atoms with van der Waals surface area (Å²) in [6, 6.07) is 6.13. The number of hydrogen-bond donors (Lipinski definition) is 1. The summed E-state index contributed by atoms with van der Waals surface area (Å²) in [5, 5.41) is 12.1. The zero-order valence-electron chi connectivity index (χ0n) is 11.3. The molecule has 2 aliphatic rings. The fraction of sp³-hybridized carbons (Fsp3) is 0.429. The summed E-state index contributed by atoms with van der Waals surface area (Å²) in [6.07, 6.45) is 0. The number of nitrogens with zero attached hydrogens (tertiary/aromatic N) is 3.